The van der Waals surface area contributed by atoms with E-state index < -0.39 is 142 Å². The van der Waals surface area contributed by atoms with Crippen molar-refractivity contribution in [3.8, 4) is 0 Å². The van der Waals surface area contributed by atoms with Crippen molar-refractivity contribution in [2.24, 2.45) is 0 Å². The van der Waals surface area contributed by atoms with Crippen LogP contribution in [0.1, 0.15) is 20.3 Å². The summed E-state index contributed by atoms with van der Waals surface area (Å²) in [5.74, 6) is -6.18. The van der Waals surface area contributed by atoms with Gasteiger partial charge in [0.25, 0.3) is 5.79 Å². The number of aliphatic hydroxyl groups excluding tert-OH is 10. The summed E-state index contributed by atoms with van der Waals surface area (Å²) < 4.78 is 27.2. The highest BCUT2D eigenvalue weighted by Crippen LogP contribution is 2.35. The maximum absolute atomic E-state index is 12.5. The minimum atomic E-state index is -2.84. The van der Waals surface area contributed by atoms with Crippen molar-refractivity contribution in [3.63, 3.8) is 0 Å². The third-order valence-corrected chi connectivity index (χ3v) is 7.87. The molecule has 3 fully saturated rings. The summed E-state index contributed by atoms with van der Waals surface area (Å²) >= 11 is 0. The largest absolute Gasteiger partial charge is 0.477 e. The zero-order valence-corrected chi connectivity index (χ0v) is 24.7. The molecule has 3 aliphatic heterocycles. The lowest BCUT2D eigenvalue weighted by Crippen LogP contribution is -2.69. The van der Waals surface area contributed by atoms with E-state index in [-0.39, 0.29) is 0 Å². The number of hydrogen-bond acceptors (Lipinski definition) is 18. The van der Waals surface area contributed by atoms with E-state index in [1.807, 2.05) is 0 Å². The van der Waals surface area contributed by atoms with E-state index in [2.05, 4.69) is 10.6 Å². The van der Waals surface area contributed by atoms with Gasteiger partial charge in [-0.15, -0.1) is 0 Å². The van der Waals surface area contributed by atoms with E-state index >= 15 is 0 Å². The highest BCUT2D eigenvalue weighted by atomic mass is 16.7. The summed E-state index contributed by atoms with van der Waals surface area (Å²) in [6.45, 7) is -0.705. The molecule has 16 atom stereocenters. The summed E-state index contributed by atoms with van der Waals surface area (Å²) in [4.78, 5) is 36.0. The molecule has 21 nitrogen and oxygen atoms in total. The van der Waals surface area contributed by atoms with E-state index in [0.29, 0.717) is 0 Å². The fourth-order valence-electron chi connectivity index (χ4n) is 5.45. The van der Waals surface area contributed by atoms with Crippen LogP contribution >= 0.6 is 0 Å². The molecule has 0 bridgehead atoms. The summed E-state index contributed by atoms with van der Waals surface area (Å²) in [5, 5.41) is 117. The van der Waals surface area contributed by atoms with Gasteiger partial charge in [-0.05, 0) is 0 Å². The Kier molecular flexibility index (Phi) is 13.1. The van der Waals surface area contributed by atoms with Crippen LogP contribution in [0.3, 0.4) is 0 Å². The second-order valence-corrected chi connectivity index (χ2v) is 11.3. The van der Waals surface area contributed by atoms with Gasteiger partial charge in [0, 0.05) is 20.3 Å². The van der Waals surface area contributed by atoms with Gasteiger partial charge in [0.2, 0.25) is 11.8 Å². The van der Waals surface area contributed by atoms with Crippen LogP contribution in [-0.2, 0) is 38.1 Å². The molecule has 3 saturated heterocycles. The maximum Gasteiger partial charge on any atom is 0.364 e. The number of carboxylic acids is 1. The Hall–Kier alpha value is -2.19. The fraction of sp³-hybridized carbons (Fsp3) is 0.880. The minimum Gasteiger partial charge on any atom is -0.477 e. The topological polar surface area (TPSA) is 344 Å². The predicted molar refractivity (Wildman–Crippen MR) is 142 cm³/mol. The third kappa shape index (κ3) is 8.26. The molecule has 0 saturated carbocycles. The molecule has 0 spiro atoms. The van der Waals surface area contributed by atoms with Crippen LogP contribution in [0.4, 0.5) is 0 Å². The molecule has 13 N–H and O–H groups in total. The normalized spacial score (nSPS) is 42.9. The Bertz CT molecular complexity index is 1050. The number of carbonyl (C=O) groups is 3. The van der Waals surface area contributed by atoms with Gasteiger partial charge in [0.1, 0.15) is 67.1 Å². The molecule has 0 aliphatic carbocycles. The third-order valence-electron chi connectivity index (χ3n) is 7.87. The average Bonchev–Trinajstić information content (AvgIpc) is 2.99. The summed E-state index contributed by atoms with van der Waals surface area (Å²) in [6.07, 6.45) is -24.8. The van der Waals surface area contributed by atoms with Crippen LogP contribution in [0, 0.1) is 0 Å². The summed E-state index contributed by atoms with van der Waals surface area (Å²) in [7, 11) is 0. The molecule has 21 heteroatoms. The van der Waals surface area contributed by atoms with Crippen molar-refractivity contribution in [1.29, 1.82) is 0 Å². The zero-order valence-electron chi connectivity index (χ0n) is 24.7. The van der Waals surface area contributed by atoms with Gasteiger partial charge in [0.15, 0.2) is 12.6 Å². The van der Waals surface area contributed by atoms with Crippen LogP contribution in [0.2, 0.25) is 0 Å². The molecule has 3 heterocycles. The summed E-state index contributed by atoms with van der Waals surface area (Å²) in [6, 6.07) is -3.06. The van der Waals surface area contributed by atoms with Crippen molar-refractivity contribution >= 4 is 17.8 Å². The fourth-order valence-corrected chi connectivity index (χ4v) is 5.45. The highest BCUT2D eigenvalue weighted by molar-refractivity contribution is 5.76. The standard InChI is InChI=1S/C25H42N2O19/c1-7(30)26-13-9(32)3-25(24(40)41,46-21(13)15(34)10(33)4-28)42-6-12-17(36)20(14(22(39)43-12)27-8(2)31)45-23-19(38)18(37)16(35)11(5-29)44-23/h9-23,28-29,32-39H,3-6H2,1-2H3,(H,26,30)(H,27,31)(H,40,41)/t9-,10+,11+,12+,13+,14+,15+,16-,17-,18-,19+,20+,21+,22-,23-,25-/m0/s1. The Morgan fingerprint density at radius 2 is 1.48 bits per heavy atom. The van der Waals surface area contributed by atoms with Crippen molar-refractivity contribution < 1.29 is 94.2 Å². The van der Waals surface area contributed by atoms with E-state index in [0.717, 1.165) is 13.8 Å². The van der Waals surface area contributed by atoms with Crippen LogP contribution in [0.25, 0.3) is 0 Å². The van der Waals surface area contributed by atoms with Gasteiger partial charge in [-0.25, -0.2) is 4.79 Å². The molecule has 0 aromatic heterocycles. The SMILES string of the molecule is CC(=O)N[C@@H]1[C@@H](O[C@@H]2O[C@H](CO)[C@H](O)[C@H](O)[C@H]2O)[C@@H](O)[C@@H](CO[C@@]2(C(=O)O)C[C@H](O)[C@@H](NC(C)=O)[C@H]([C@H](O)[C@H](O)CO)O2)O[C@@H]1O. The molecular weight excluding hydrogens is 632 g/mol. The predicted octanol–water partition coefficient (Wildman–Crippen LogP) is -8.08. The second kappa shape index (κ2) is 15.8. The van der Waals surface area contributed by atoms with E-state index in [9.17, 15) is 70.6 Å². The van der Waals surface area contributed by atoms with Crippen molar-refractivity contribution in [3.05, 3.63) is 0 Å². The van der Waals surface area contributed by atoms with Gasteiger partial charge in [-0.2, -0.15) is 0 Å². The molecule has 0 unspecified atom stereocenters. The number of nitrogens with one attached hydrogen (secondary N) is 2. The molecule has 266 valence electrons. The van der Waals surface area contributed by atoms with Crippen LogP contribution < -0.4 is 10.6 Å². The smallest absolute Gasteiger partial charge is 0.364 e. The first kappa shape index (κ1) is 38.3. The van der Waals surface area contributed by atoms with Gasteiger partial charge in [0.05, 0.1) is 32.0 Å². The molecule has 3 rings (SSSR count). The van der Waals surface area contributed by atoms with E-state index in [1.54, 1.807) is 0 Å². The minimum absolute atomic E-state index is 0.723. The lowest BCUT2D eigenvalue weighted by molar-refractivity contribution is -0.351. The summed E-state index contributed by atoms with van der Waals surface area (Å²) in [5.41, 5.74) is 0. The van der Waals surface area contributed by atoms with Crippen molar-refractivity contribution in [1.82, 2.24) is 10.6 Å². The Labute approximate surface area is 260 Å². The number of carbonyl (C=O) groups excluding carboxylic acids is 2. The number of ether oxygens (including phenoxy) is 5. The van der Waals surface area contributed by atoms with Crippen molar-refractivity contribution in [2.75, 3.05) is 19.8 Å². The number of hydrogen-bond donors (Lipinski definition) is 13. The molecule has 3 aliphatic rings. The number of amides is 2. The van der Waals surface area contributed by atoms with Crippen LogP contribution in [0.5, 0.6) is 0 Å². The van der Waals surface area contributed by atoms with Gasteiger partial charge >= 0.3 is 5.97 Å². The maximum atomic E-state index is 12.5. The first-order chi connectivity index (χ1) is 21.5. The quantitative estimate of drug-likeness (QED) is 0.0913. The first-order valence-electron chi connectivity index (χ1n) is 14.2. The molecule has 2 amide bonds. The Morgan fingerprint density at radius 3 is 2.02 bits per heavy atom. The molecule has 0 radical (unpaired) electrons. The first-order valence-corrected chi connectivity index (χ1v) is 14.2. The number of carboxylic acid groups (broad SMARTS) is 1. The highest BCUT2D eigenvalue weighted by Gasteiger charge is 2.57. The van der Waals surface area contributed by atoms with Gasteiger partial charge < -0.3 is 90.5 Å². The lowest BCUT2D eigenvalue weighted by Gasteiger charge is -2.48. The van der Waals surface area contributed by atoms with Crippen molar-refractivity contribution in [2.45, 2.75) is 118 Å². The number of rotatable bonds is 12. The average molecular weight is 675 g/mol. The van der Waals surface area contributed by atoms with Crippen LogP contribution in [-0.4, -0.2) is 191 Å². The molecule has 46 heavy (non-hydrogen) atoms. The van der Waals surface area contributed by atoms with Gasteiger partial charge in [-0.1, -0.05) is 0 Å². The molecule has 0 aromatic carbocycles. The lowest BCUT2D eigenvalue weighted by atomic mass is 9.88. The van der Waals surface area contributed by atoms with Gasteiger partial charge in [-0.3, -0.25) is 9.59 Å². The zero-order chi connectivity index (χ0) is 34.7. The molecule has 0 aromatic rings. The van der Waals surface area contributed by atoms with E-state index in [4.69, 9.17) is 23.7 Å². The molecular formula is C25H42N2O19. The van der Waals surface area contributed by atoms with E-state index in [1.165, 1.54) is 0 Å². The monoisotopic (exact) mass is 674 g/mol. The second-order valence-electron chi connectivity index (χ2n) is 11.3. The Morgan fingerprint density at radius 1 is 0.870 bits per heavy atom. The number of aliphatic carboxylic acids is 1. The number of aliphatic hydroxyl groups is 10. The Balaban J connectivity index is 1.87. The van der Waals surface area contributed by atoms with Crippen LogP contribution in [0.15, 0.2) is 0 Å².